The van der Waals surface area contributed by atoms with Gasteiger partial charge in [-0.05, 0) is 43.0 Å². The third-order valence-electron chi connectivity index (χ3n) is 2.71. The van der Waals surface area contributed by atoms with Crippen LogP contribution in [0, 0.1) is 0 Å². The third-order valence-corrected chi connectivity index (χ3v) is 2.71. The first-order chi connectivity index (χ1) is 8.61. The van der Waals surface area contributed by atoms with Crippen molar-refractivity contribution < 1.29 is 9.90 Å². The van der Waals surface area contributed by atoms with Gasteiger partial charge < -0.3 is 10.4 Å². The number of benzene rings is 1. The van der Waals surface area contributed by atoms with Gasteiger partial charge in [0.25, 0.3) is 0 Å². The van der Waals surface area contributed by atoms with Crippen LogP contribution in [-0.4, -0.2) is 17.6 Å². The molecule has 0 radical (unpaired) electrons. The highest BCUT2D eigenvalue weighted by molar-refractivity contribution is 5.80. The first-order valence-corrected chi connectivity index (χ1v) is 6.34. The molecule has 0 fully saturated rings. The second-order valence-electron chi connectivity index (χ2n) is 4.48. The fourth-order valence-electron chi connectivity index (χ4n) is 1.67. The normalized spacial score (nSPS) is 11.3. The molecule has 0 atom stereocenters. The van der Waals surface area contributed by atoms with Crippen molar-refractivity contribution in [2.24, 2.45) is 0 Å². The molecule has 0 heterocycles. The molecule has 3 nitrogen and oxygen atoms in total. The molecule has 98 valence electrons. The zero-order chi connectivity index (χ0) is 13.4. The number of aryl methyl sites for hydroxylation is 1. The summed E-state index contributed by atoms with van der Waals surface area (Å²) in [5.74, 6) is -0.899. The number of anilines is 1. The van der Waals surface area contributed by atoms with Gasteiger partial charge in [0.2, 0.25) is 0 Å². The van der Waals surface area contributed by atoms with E-state index in [-0.39, 0.29) is 0 Å². The van der Waals surface area contributed by atoms with Crippen LogP contribution in [0.5, 0.6) is 0 Å². The summed E-state index contributed by atoms with van der Waals surface area (Å²) in [6, 6.07) is 8.32. The summed E-state index contributed by atoms with van der Waals surface area (Å²) in [5, 5.41) is 11.8. The zero-order valence-corrected chi connectivity index (χ0v) is 11.1. The van der Waals surface area contributed by atoms with E-state index in [1.165, 1.54) is 24.5 Å². The van der Waals surface area contributed by atoms with E-state index < -0.39 is 5.97 Å². The van der Waals surface area contributed by atoms with Crippen LogP contribution in [0.2, 0.25) is 0 Å². The lowest BCUT2D eigenvalue weighted by atomic mass is 10.1. The van der Waals surface area contributed by atoms with E-state index in [0.29, 0.717) is 6.54 Å². The van der Waals surface area contributed by atoms with Gasteiger partial charge in [-0.1, -0.05) is 25.5 Å². The maximum absolute atomic E-state index is 10.5. The number of unbranched alkanes of at least 4 members (excludes halogenated alkanes) is 1. The van der Waals surface area contributed by atoms with Crippen LogP contribution in [0.15, 0.2) is 35.9 Å². The molecule has 0 saturated carbocycles. The molecule has 1 rings (SSSR count). The maximum atomic E-state index is 10.5. The Balaban J connectivity index is 2.46. The standard InChI is InChI=1S/C15H21NO2/c1-3-4-5-13-6-8-14(9-7-13)16-11-12(2)10-15(17)18/h6-10,16H,3-5,11H2,1-2H3,(H,17,18)/b12-10+. The quantitative estimate of drug-likeness (QED) is 0.725. The van der Waals surface area contributed by atoms with Crippen molar-refractivity contribution in [2.45, 2.75) is 33.1 Å². The lowest BCUT2D eigenvalue weighted by molar-refractivity contribution is -0.131. The Kier molecular flexibility index (Phi) is 5.98. The zero-order valence-electron chi connectivity index (χ0n) is 11.1. The molecule has 0 amide bonds. The molecule has 18 heavy (non-hydrogen) atoms. The second kappa shape index (κ2) is 7.54. The molecule has 0 spiro atoms. The van der Waals surface area contributed by atoms with Gasteiger partial charge in [0, 0.05) is 18.3 Å². The highest BCUT2D eigenvalue weighted by atomic mass is 16.4. The summed E-state index contributed by atoms with van der Waals surface area (Å²) in [7, 11) is 0. The van der Waals surface area contributed by atoms with Gasteiger partial charge in [0.1, 0.15) is 0 Å². The van der Waals surface area contributed by atoms with Crippen LogP contribution >= 0.6 is 0 Å². The third kappa shape index (κ3) is 5.53. The Bertz CT molecular complexity index is 407. The first-order valence-electron chi connectivity index (χ1n) is 6.34. The van der Waals surface area contributed by atoms with E-state index in [2.05, 4.69) is 24.4 Å². The van der Waals surface area contributed by atoms with Crippen molar-refractivity contribution >= 4 is 11.7 Å². The number of carboxylic acids is 1. The molecule has 1 aromatic rings. The van der Waals surface area contributed by atoms with Gasteiger partial charge >= 0.3 is 5.97 Å². The molecule has 0 aliphatic heterocycles. The number of aliphatic carboxylic acids is 1. The van der Waals surface area contributed by atoms with Crippen molar-refractivity contribution in [1.82, 2.24) is 0 Å². The van der Waals surface area contributed by atoms with E-state index in [9.17, 15) is 4.79 Å². The predicted octanol–water partition coefficient (Wildman–Crippen LogP) is 3.47. The molecule has 0 bridgehead atoms. The molecule has 0 aliphatic rings. The number of nitrogens with one attached hydrogen (secondary N) is 1. The average Bonchev–Trinajstić information content (AvgIpc) is 2.34. The minimum atomic E-state index is -0.899. The Morgan fingerprint density at radius 2 is 2.00 bits per heavy atom. The van der Waals surface area contributed by atoms with E-state index in [1.54, 1.807) is 6.92 Å². The van der Waals surface area contributed by atoms with Crippen molar-refractivity contribution in [2.75, 3.05) is 11.9 Å². The predicted molar refractivity (Wildman–Crippen MR) is 74.9 cm³/mol. The minimum absolute atomic E-state index is 0.556. The number of carbonyl (C=O) groups is 1. The minimum Gasteiger partial charge on any atom is -0.478 e. The largest absolute Gasteiger partial charge is 0.478 e. The monoisotopic (exact) mass is 247 g/mol. The summed E-state index contributed by atoms with van der Waals surface area (Å²) in [6.45, 7) is 4.55. The van der Waals surface area contributed by atoms with Gasteiger partial charge in [-0.3, -0.25) is 0 Å². The lowest BCUT2D eigenvalue weighted by Crippen LogP contribution is -2.04. The van der Waals surface area contributed by atoms with Crippen LogP contribution in [0.4, 0.5) is 5.69 Å². The van der Waals surface area contributed by atoms with Crippen LogP contribution < -0.4 is 5.32 Å². The topological polar surface area (TPSA) is 49.3 Å². The lowest BCUT2D eigenvalue weighted by Gasteiger charge is -2.07. The number of hydrogen-bond acceptors (Lipinski definition) is 2. The second-order valence-corrected chi connectivity index (χ2v) is 4.48. The molecule has 0 unspecified atom stereocenters. The fourth-order valence-corrected chi connectivity index (χ4v) is 1.67. The summed E-state index contributed by atoms with van der Waals surface area (Å²) in [6.07, 6.45) is 4.77. The number of carboxylic acid groups (broad SMARTS) is 1. The molecule has 0 aromatic heterocycles. The van der Waals surface area contributed by atoms with Crippen molar-refractivity contribution in [3.8, 4) is 0 Å². The summed E-state index contributed by atoms with van der Waals surface area (Å²) in [4.78, 5) is 10.5. The number of hydrogen-bond donors (Lipinski definition) is 2. The van der Waals surface area contributed by atoms with Gasteiger partial charge in [0.05, 0.1) is 0 Å². The van der Waals surface area contributed by atoms with Gasteiger partial charge in [-0.15, -0.1) is 0 Å². The summed E-state index contributed by atoms with van der Waals surface area (Å²) >= 11 is 0. The summed E-state index contributed by atoms with van der Waals surface area (Å²) < 4.78 is 0. The average molecular weight is 247 g/mol. The van der Waals surface area contributed by atoms with Crippen LogP contribution in [0.25, 0.3) is 0 Å². The Hall–Kier alpha value is -1.77. The van der Waals surface area contributed by atoms with E-state index in [0.717, 1.165) is 17.7 Å². The first kappa shape index (κ1) is 14.3. The smallest absolute Gasteiger partial charge is 0.328 e. The van der Waals surface area contributed by atoms with Crippen LogP contribution in [0.3, 0.4) is 0 Å². The SMILES string of the molecule is CCCCc1ccc(NC/C(C)=C/C(=O)O)cc1. The molecular formula is C15H21NO2. The number of rotatable bonds is 7. The molecule has 1 aromatic carbocycles. The molecule has 2 N–H and O–H groups in total. The van der Waals surface area contributed by atoms with Crippen molar-refractivity contribution in [3.05, 3.63) is 41.5 Å². The van der Waals surface area contributed by atoms with Crippen molar-refractivity contribution in [3.63, 3.8) is 0 Å². The van der Waals surface area contributed by atoms with Crippen LogP contribution in [-0.2, 0) is 11.2 Å². The fraction of sp³-hybridized carbons (Fsp3) is 0.400. The Morgan fingerprint density at radius 3 is 2.56 bits per heavy atom. The van der Waals surface area contributed by atoms with Gasteiger partial charge in [-0.25, -0.2) is 4.79 Å². The molecular weight excluding hydrogens is 226 g/mol. The Labute approximate surface area is 109 Å². The highest BCUT2D eigenvalue weighted by Gasteiger charge is 1.97. The molecule has 0 saturated heterocycles. The Morgan fingerprint density at radius 1 is 1.33 bits per heavy atom. The van der Waals surface area contributed by atoms with Crippen molar-refractivity contribution in [1.29, 1.82) is 0 Å². The van der Waals surface area contributed by atoms with E-state index in [1.807, 2.05) is 12.1 Å². The maximum Gasteiger partial charge on any atom is 0.328 e. The molecule has 0 aliphatic carbocycles. The van der Waals surface area contributed by atoms with E-state index in [4.69, 9.17) is 5.11 Å². The van der Waals surface area contributed by atoms with E-state index >= 15 is 0 Å². The van der Waals surface area contributed by atoms with Gasteiger partial charge in [-0.2, -0.15) is 0 Å². The highest BCUT2D eigenvalue weighted by Crippen LogP contribution is 2.12. The van der Waals surface area contributed by atoms with Crippen LogP contribution in [0.1, 0.15) is 32.3 Å². The van der Waals surface area contributed by atoms with Gasteiger partial charge in [0.15, 0.2) is 0 Å². The molecule has 3 heteroatoms. The summed E-state index contributed by atoms with van der Waals surface area (Å²) in [5.41, 5.74) is 3.17.